The average molecular weight is 395 g/mol. The molecule has 0 aliphatic carbocycles. The number of halogens is 3. The van der Waals surface area contributed by atoms with E-state index in [4.69, 9.17) is 0 Å². The molecule has 3 aromatic rings. The smallest absolute Gasteiger partial charge is 0.267 e. The highest BCUT2D eigenvalue weighted by Crippen LogP contribution is 2.34. The minimum Gasteiger partial charge on any atom is -0.267 e. The van der Waals surface area contributed by atoms with Gasteiger partial charge in [-0.05, 0) is 41.5 Å². The molecule has 1 unspecified atom stereocenters. The molecule has 1 amide bonds. The summed E-state index contributed by atoms with van der Waals surface area (Å²) >= 11 is 0. The van der Waals surface area contributed by atoms with Gasteiger partial charge in [-0.25, -0.2) is 5.01 Å². The molecule has 0 radical (unpaired) electrons. The van der Waals surface area contributed by atoms with Gasteiger partial charge in [-0.2, -0.15) is 18.3 Å². The van der Waals surface area contributed by atoms with Crippen molar-refractivity contribution in [2.45, 2.75) is 18.6 Å². The molecule has 0 saturated heterocycles. The normalized spacial score (nSPS) is 16.6. The topological polar surface area (TPSA) is 45.6 Å². The molecule has 1 aromatic heterocycles. The van der Waals surface area contributed by atoms with Crippen molar-refractivity contribution < 1.29 is 18.0 Å². The predicted octanol–water partition coefficient (Wildman–Crippen LogP) is 5.09. The van der Waals surface area contributed by atoms with Crippen LogP contribution in [0.15, 0.2) is 84.2 Å². The summed E-state index contributed by atoms with van der Waals surface area (Å²) in [6.07, 6.45) is -0.709. The zero-order valence-electron chi connectivity index (χ0n) is 15.2. The molecule has 29 heavy (non-hydrogen) atoms. The number of pyridine rings is 1. The average Bonchev–Trinajstić information content (AvgIpc) is 3.19. The summed E-state index contributed by atoms with van der Waals surface area (Å²) < 4.78 is 38.5. The number of rotatable bonds is 3. The van der Waals surface area contributed by atoms with Crippen LogP contribution in [0.3, 0.4) is 0 Å². The van der Waals surface area contributed by atoms with E-state index in [0.717, 1.165) is 17.7 Å². The Morgan fingerprint density at radius 2 is 1.69 bits per heavy atom. The molecular formula is C22H16F3N3O. The van der Waals surface area contributed by atoms with E-state index in [-0.39, 0.29) is 11.9 Å². The number of carbonyl (C=O) groups is 1. The Balaban J connectivity index is 1.69. The fourth-order valence-corrected chi connectivity index (χ4v) is 3.27. The molecule has 4 nitrogen and oxygen atoms in total. The van der Waals surface area contributed by atoms with Gasteiger partial charge in [-0.3, -0.25) is 9.78 Å². The van der Waals surface area contributed by atoms with Gasteiger partial charge >= 0.3 is 6.18 Å². The summed E-state index contributed by atoms with van der Waals surface area (Å²) in [6.45, 7) is 0. The maximum atomic E-state index is 13.0. The first-order valence-corrected chi connectivity index (χ1v) is 8.97. The predicted molar refractivity (Wildman–Crippen MR) is 102 cm³/mol. The molecule has 2 heterocycles. The van der Waals surface area contributed by atoms with E-state index in [1.54, 1.807) is 42.7 Å². The van der Waals surface area contributed by atoms with E-state index < -0.39 is 11.7 Å². The van der Waals surface area contributed by atoms with Crippen LogP contribution < -0.4 is 0 Å². The number of hydrazone groups is 1. The van der Waals surface area contributed by atoms with Crippen molar-refractivity contribution in [2.24, 2.45) is 5.10 Å². The van der Waals surface area contributed by atoms with Gasteiger partial charge in [-0.15, -0.1) is 0 Å². The number of amides is 1. The largest absolute Gasteiger partial charge is 0.416 e. The fraction of sp³-hybridized carbons (Fsp3) is 0.136. The third-order valence-corrected chi connectivity index (χ3v) is 4.75. The highest BCUT2D eigenvalue weighted by atomic mass is 19.4. The zero-order valence-corrected chi connectivity index (χ0v) is 15.2. The van der Waals surface area contributed by atoms with Gasteiger partial charge in [-0.1, -0.05) is 36.4 Å². The lowest BCUT2D eigenvalue weighted by Crippen LogP contribution is -2.27. The number of hydrogen-bond acceptors (Lipinski definition) is 3. The number of hydrogen-bond donors (Lipinski definition) is 0. The monoisotopic (exact) mass is 395 g/mol. The number of alkyl halides is 3. The number of benzene rings is 2. The molecule has 1 atom stereocenters. The third kappa shape index (κ3) is 3.89. The lowest BCUT2D eigenvalue weighted by atomic mass is 9.98. The van der Waals surface area contributed by atoms with Crippen molar-refractivity contribution in [3.05, 3.63) is 101 Å². The molecule has 2 aromatic carbocycles. The molecule has 1 aliphatic rings. The number of nitrogens with zero attached hydrogens (tertiary/aromatic N) is 3. The van der Waals surface area contributed by atoms with E-state index in [1.807, 2.05) is 12.1 Å². The minimum absolute atomic E-state index is 0.277. The second-order valence-electron chi connectivity index (χ2n) is 6.64. The van der Waals surface area contributed by atoms with Crippen LogP contribution >= 0.6 is 0 Å². The van der Waals surface area contributed by atoms with Gasteiger partial charge in [0, 0.05) is 24.4 Å². The first kappa shape index (κ1) is 18.9. The molecule has 0 N–H and O–H groups in total. The second-order valence-corrected chi connectivity index (χ2v) is 6.64. The van der Waals surface area contributed by atoms with Crippen molar-refractivity contribution in [1.29, 1.82) is 0 Å². The lowest BCUT2D eigenvalue weighted by Gasteiger charge is -2.21. The molecule has 0 fully saturated rings. The highest BCUT2D eigenvalue weighted by molar-refractivity contribution is 6.05. The summed E-state index contributed by atoms with van der Waals surface area (Å²) in [5.41, 5.74) is 1.68. The standard InChI is InChI=1S/C22H16F3N3O/c23-22(24,25)18-10-8-15(9-11-18)19-13-20(17-7-4-12-26-14-17)28(27-19)21(29)16-5-2-1-3-6-16/h1-12,14,20H,13H2. The second kappa shape index (κ2) is 7.50. The lowest BCUT2D eigenvalue weighted by molar-refractivity contribution is -0.137. The quantitative estimate of drug-likeness (QED) is 0.620. The van der Waals surface area contributed by atoms with Gasteiger partial charge in [0.2, 0.25) is 0 Å². The van der Waals surface area contributed by atoms with Crippen LogP contribution in [0, 0.1) is 0 Å². The molecule has 4 rings (SSSR count). The summed E-state index contributed by atoms with van der Waals surface area (Å²) in [7, 11) is 0. The van der Waals surface area contributed by atoms with E-state index in [9.17, 15) is 18.0 Å². The van der Waals surface area contributed by atoms with E-state index in [2.05, 4.69) is 10.1 Å². The molecule has 0 bridgehead atoms. The molecule has 0 spiro atoms. The highest BCUT2D eigenvalue weighted by Gasteiger charge is 2.34. The van der Waals surface area contributed by atoms with Crippen LogP contribution in [-0.2, 0) is 6.18 Å². The Hall–Kier alpha value is -3.48. The van der Waals surface area contributed by atoms with Crippen molar-refractivity contribution >= 4 is 11.6 Å². The maximum Gasteiger partial charge on any atom is 0.416 e. The fourth-order valence-electron chi connectivity index (χ4n) is 3.27. The Morgan fingerprint density at radius 3 is 2.31 bits per heavy atom. The first-order valence-electron chi connectivity index (χ1n) is 8.97. The van der Waals surface area contributed by atoms with Crippen molar-refractivity contribution in [3.63, 3.8) is 0 Å². The maximum absolute atomic E-state index is 13.0. The van der Waals surface area contributed by atoms with Crippen LogP contribution in [0.2, 0.25) is 0 Å². The van der Waals surface area contributed by atoms with Crippen molar-refractivity contribution in [2.75, 3.05) is 0 Å². The minimum atomic E-state index is -4.40. The van der Waals surface area contributed by atoms with E-state index in [0.29, 0.717) is 23.3 Å². The molecule has 1 aliphatic heterocycles. The summed E-state index contributed by atoms with van der Waals surface area (Å²) in [5, 5.41) is 5.86. The van der Waals surface area contributed by atoms with Crippen LogP contribution in [-0.4, -0.2) is 21.6 Å². The molecule has 7 heteroatoms. The van der Waals surface area contributed by atoms with Crippen LogP contribution in [0.4, 0.5) is 13.2 Å². The Kier molecular flexibility index (Phi) is 4.88. The van der Waals surface area contributed by atoms with Crippen LogP contribution in [0.1, 0.15) is 39.5 Å². The number of aromatic nitrogens is 1. The van der Waals surface area contributed by atoms with Crippen LogP contribution in [0.25, 0.3) is 0 Å². The van der Waals surface area contributed by atoms with Gasteiger partial charge in [0.15, 0.2) is 0 Å². The van der Waals surface area contributed by atoms with Gasteiger partial charge < -0.3 is 0 Å². The Morgan fingerprint density at radius 1 is 0.966 bits per heavy atom. The van der Waals surface area contributed by atoms with Crippen LogP contribution in [0.5, 0.6) is 0 Å². The molecule has 0 saturated carbocycles. The van der Waals surface area contributed by atoms with E-state index in [1.165, 1.54) is 17.1 Å². The summed E-state index contributed by atoms with van der Waals surface area (Å²) in [4.78, 5) is 17.2. The molecule has 146 valence electrons. The van der Waals surface area contributed by atoms with Crippen molar-refractivity contribution in [3.8, 4) is 0 Å². The molecular weight excluding hydrogens is 379 g/mol. The third-order valence-electron chi connectivity index (χ3n) is 4.75. The zero-order chi connectivity index (χ0) is 20.4. The Bertz CT molecular complexity index is 1030. The first-order chi connectivity index (χ1) is 13.9. The van der Waals surface area contributed by atoms with Gasteiger partial charge in [0.05, 0.1) is 17.3 Å². The van der Waals surface area contributed by atoms with Gasteiger partial charge in [0.25, 0.3) is 5.91 Å². The van der Waals surface area contributed by atoms with E-state index >= 15 is 0 Å². The van der Waals surface area contributed by atoms with Crippen molar-refractivity contribution in [1.82, 2.24) is 9.99 Å². The summed E-state index contributed by atoms with van der Waals surface area (Å²) in [5.74, 6) is -0.277. The Labute approximate surface area is 165 Å². The SMILES string of the molecule is O=C(c1ccccc1)N1N=C(c2ccc(C(F)(F)F)cc2)CC1c1cccnc1. The van der Waals surface area contributed by atoms with Gasteiger partial charge in [0.1, 0.15) is 0 Å². The number of carbonyl (C=O) groups excluding carboxylic acids is 1. The summed E-state index contributed by atoms with van der Waals surface area (Å²) in [6, 6.07) is 16.8.